The average Bonchev–Trinajstić information content (AvgIpc) is 2.74. The van der Waals surface area contributed by atoms with Crippen molar-refractivity contribution in [2.75, 3.05) is 19.6 Å². The summed E-state index contributed by atoms with van der Waals surface area (Å²) in [6.07, 6.45) is 3.98. The molecule has 10 N–H and O–H groups in total. The van der Waals surface area contributed by atoms with Crippen molar-refractivity contribution in [3.63, 3.8) is 0 Å². The molecular weight excluding hydrogens is 404 g/mol. The summed E-state index contributed by atoms with van der Waals surface area (Å²) < 4.78 is 0. The van der Waals surface area contributed by atoms with Crippen LogP contribution in [0.2, 0.25) is 0 Å². The summed E-state index contributed by atoms with van der Waals surface area (Å²) in [4.78, 5) is 48.4. The van der Waals surface area contributed by atoms with Crippen LogP contribution in [0.4, 0.5) is 0 Å². The molecule has 0 aromatic heterocycles. The molecule has 180 valence electrons. The maximum Gasteiger partial charge on any atom is 0.326 e. The monoisotopic (exact) mass is 444 g/mol. The number of carbonyl (C=O) groups is 4. The van der Waals surface area contributed by atoms with Crippen LogP contribution in [0.25, 0.3) is 0 Å². The highest BCUT2D eigenvalue weighted by Crippen LogP contribution is 2.10. The number of nitrogens with two attached hydrogens (primary N) is 3. The van der Waals surface area contributed by atoms with Gasteiger partial charge in [-0.15, -0.1) is 0 Å². The molecule has 0 saturated heterocycles. The lowest BCUT2D eigenvalue weighted by molar-refractivity contribution is -0.142. The lowest BCUT2D eigenvalue weighted by Gasteiger charge is -2.25. The van der Waals surface area contributed by atoms with Gasteiger partial charge in [0.05, 0.1) is 12.6 Å². The van der Waals surface area contributed by atoms with E-state index in [1.807, 2.05) is 6.92 Å². The van der Waals surface area contributed by atoms with Crippen molar-refractivity contribution in [1.82, 2.24) is 16.0 Å². The Labute approximate surface area is 184 Å². The first-order valence-corrected chi connectivity index (χ1v) is 10.9. The molecule has 4 atom stereocenters. The van der Waals surface area contributed by atoms with Crippen molar-refractivity contribution in [1.29, 1.82) is 0 Å². The normalized spacial score (nSPS) is 14.7. The molecule has 0 aromatic carbocycles. The molecule has 31 heavy (non-hydrogen) atoms. The number of hydrogen-bond acceptors (Lipinski definition) is 7. The number of carboxylic acids is 1. The van der Waals surface area contributed by atoms with Gasteiger partial charge in [0, 0.05) is 0 Å². The molecule has 0 aliphatic carbocycles. The minimum Gasteiger partial charge on any atom is -0.480 e. The Balaban J connectivity index is 4.82. The molecule has 0 aliphatic heterocycles. The van der Waals surface area contributed by atoms with Gasteiger partial charge in [0.1, 0.15) is 12.1 Å². The minimum atomic E-state index is -1.14. The van der Waals surface area contributed by atoms with Crippen LogP contribution in [-0.4, -0.2) is 66.6 Å². The third kappa shape index (κ3) is 12.3. The number of aliphatic carboxylic acids is 1. The van der Waals surface area contributed by atoms with Crippen LogP contribution in [0.5, 0.6) is 0 Å². The fraction of sp³-hybridized carbons (Fsp3) is 0.800. The van der Waals surface area contributed by atoms with E-state index >= 15 is 0 Å². The maximum atomic E-state index is 12.7. The molecule has 0 bridgehead atoms. The van der Waals surface area contributed by atoms with Crippen LogP contribution in [0.15, 0.2) is 0 Å². The van der Waals surface area contributed by atoms with Crippen molar-refractivity contribution < 1.29 is 24.3 Å². The molecule has 4 unspecified atom stereocenters. The van der Waals surface area contributed by atoms with Gasteiger partial charge < -0.3 is 38.3 Å². The summed E-state index contributed by atoms with van der Waals surface area (Å²) in [7, 11) is 0. The topological polar surface area (TPSA) is 203 Å². The molecule has 0 radical (unpaired) electrons. The largest absolute Gasteiger partial charge is 0.480 e. The minimum absolute atomic E-state index is 0.239. The highest BCUT2D eigenvalue weighted by Gasteiger charge is 2.29. The number of hydrogen-bond donors (Lipinski definition) is 7. The Morgan fingerprint density at radius 3 is 2.00 bits per heavy atom. The van der Waals surface area contributed by atoms with Gasteiger partial charge in [-0.05, 0) is 51.1 Å². The van der Waals surface area contributed by atoms with Crippen LogP contribution in [-0.2, 0) is 19.2 Å². The predicted molar refractivity (Wildman–Crippen MR) is 118 cm³/mol. The smallest absolute Gasteiger partial charge is 0.326 e. The fourth-order valence-corrected chi connectivity index (χ4v) is 2.88. The number of unbranched alkanes of at least 4 members (excludes halogenated alkanes) is 2. The zero-order valence-electron chi connectivity index (χ0n) is 18.7. The van der Waals surface area contributed by atoms with Gasteiger partial charge >= 0.3 is 5.97 Å². The van der Waals surface area contributed by atoms with Crippen LogP contribution in [0.3, 0.4) is 0 Å². The SMILES string of the molecule is CCC(C)C(NC(=O)CNC(=O)C(N)CCCCN)C(=O)NC(CCCCN)C(=O)O. The predicted octanol–water partition coefficient (Wildman–Crippen LogP) is -1.21. The van der Waals surface area contributed by atoms with Gasteiger partial charge in [-0.3, -0.25) is 14.4 Å². The van der Waals surface area contributed by atoms with Crippen LogP contribution in [0, 0.1) is 5.92 Å². The zero-order chi connectivity index (χ0) is 23.8. The summed E-state index contributed by atoms with van der Waals surface area (Å²) in [6.45, 7) is 4.26. The molecule has 0 aromatic rings. The Bertz CT molecular complexity index is 574. The lowest BCUT2D eigenvalue weighted by Crippen LogP contribution is -2.55. The Morgan fingerprint density at radius 2 is 1.48 bits per heavy atom. The van der Waals surface area contributed by atoms with E-state index < -0.39 is 41.8 Å². The molecule has 0 saturated carbocycles. The quantitative estimate of drug-likeness (QED) is 0.135. The molecule has 11 heteroatoms. The van der Waals surface area contributed by atoms with E-state index in [0.717, 1.165) is 6.42 Å². The van der Waals surface area contributed by atoms with Crippen LogP contribution >= 0.6 is 0 Å². The number of nitrogens with one attached hydrogen (secondary N) is 3. The van der Waals surface area contributed by atoms with E-state index in [4.69, 9.17) is 17.2 Å². The van der Waals surface area contributed by atoms with Gasteiger partial charge in [0.2, 0.25) is 17.7 Å². The standard InChI is InChI=1S/C20H40N6O5/c1-3-13(2)17(19(29)25-15(20(30)31)9-5-7-11-22)26-16(27)12-24-18(28)14(23)8-4-6-10-21/h13-15,17H,3-12,21-23H2,1-2H3,(H,24,28)(H,25,29)(H,26,27)(H,30,31). The summed E-state index contributed by atoms with van der Waals surface area (Å²) in [5, 5.41) is 16.9. The second-order valence-electron chi connectivity index (χ2n) is 7.72. The molecule has 0 fully saturated rings. The van der Waals surface area contributed by atoms with Gasteiger partial charge in [0.15, 0.2) is 0 Å². The fourth-order valence-electron chi connectivity index (χ4n) is 2.88. The van der Waals surface area contributed by atoms with E-state index in [0.29, 0.717) is 45.2 Å². The molecular formula is C20H40N6O5. The van der Waals surface area contributed by atoms with Gasteiger partial charge in [0.25, 0.3) is 0 Å². The Kier molecular flexibility index (Phi) is 15.3. The van der Waals surface area contributed by atoms with Crippen LogP contribution in [0.1, 0.15) is 58.8 Å². The second-order valence-corrected chi connectivity index (χ2v) is 7.72. The molecule has 0 spiro atoms. The van der Waals surface area contributed by atoms with E-state index in [1.165, 1.54) is 0 Å². The van der Waals surface area contributed by atoms with E-state index in [1.54, 1.807) is 6.92 Å². The lowest BCUT2D eigenvalue weighted by atomic mass is 9.97. The summed E-state index contributed by atoms with van der Waals surface area (Å²) in [5.74, 6) is -2.97. The highest BCUT2D eigenvalue weighted by atomic mass is 16.4. The molecule has 0 aliphatic rings. The zero-order valence-corrected chi connectivity index (χ0v) is 18.7. The first kappa shape index (κ1) is 28.8. The Morgan fingerprint density at radius 1 is 0.903 bits per heavy atom. The number of carbonyl (C=O) groups excluding carboxylic acids is 3. The third-order valence-electron chi connectivity index (χ3n) is 5.10. The molecule has 3 amide bonds. The van der Waals surface area contributed by atoms with Crippen molar-refractivity contribution in [3.05, 3.63) is 0 Å². The first-order valence-electron chi connectivity index (χ1n) is 10.9. The molecule has 0 heterocycles. The van der Waals surface area contributed by atoms with Crippen molar-refractivity contribution in [2.24, 2.45) is 23.1 Å². The summed E-state index contributed by atoms with van der Waals surface area (Å²) in [5.41, 5.74) is 16.6. The number of rotatable bonds is 17. The van der Waals surface area contributed by atoms with Gasteiger partial charge in [-0.2, -0.15) is 0 Å². The van der Waals surface area contributed by atoms with E-state index in [2.05, 4.69) is 16.0 Å². The average molecular weight is 445 g/mol. The van der Waals surface area contributed by atoms with Crippen molar-refractivity contribution >= 4 is 23.7 Å². The third-order valence-corrected chi connectivity index (χ3v) is 5.10. The van der Waals surface area contributed by atoms with Crippen molar-refractivity contribution in [2.45, 2.75) is 76.9 Å². The van der Waals surface area contributed by atoms with Gasteiger partial charge in [-0.25, -0.2) is 4.79 Å². The molecule has 11 nitrogen and oxygen atoms in total. The Hall–Kier alpha value is -2.24. The van der Waals surface area contributed by atoms with Crippen LogP contribution < -0.4 is 33.2 Å². The maximum absolute atomic E-state index is 12.7. The first-order chi connectivity index (χ1) is 14.7. The molecule has 0 rings (SSSR count). The highest BCUT2D eigenvalue weighted by molar-refractivity contribution is 5.92. The van der Waals surface area contributed by atoms with E-state index in [-0.39, 0.29) is 18.9 Å². The van der Waals surface area contributed by atoms with Gasteiger partial charge in [-0.1, -0.05) is 26.7 Å². The van der Waals surface area contributed by atoms with Crippen molar-refractivity contribution in [3.8, 4) is 0 Å². The summed E-state index contributed by atoms with van der Waals surface area (Å²) in [6, 6.07) is -2.73. The van der Waals surface area contributed by atoms with E-state index in [9.17, 15) is 24.3 Å². The second kappa shape index (κ2) is 16.5. The number of carboxylic acid groups (broad SMARTS) is 1. The summed E-state index contributed by atoms with van der Waals surface area (Å²) >= 11 is 0. The number of amides is 3.